The Kier molecular flexibility index (Phi) is 3.31. The molecule has 0 aliphatic heterocycles. The Bertz CT molecular complexity index is 498. The molecule has 0 unspecified atom stereocenters. The van der Waals surface area contributed by atoms with Crippen LogP contribution in [0.4, 0.5) is 5.13 Å². The van der Waals surface area contributed by atoms with Crippen molar-refractivity contribution >= 4 is 28.1 Å². The van der Waals surface area contributed by atoms with Crippen LogP contribution in [0.25, 0.3) is 10.4 Å². The molecule has 0 spiro atoms. The van der Waals surface area contributed by atoms with Gasteiger partial charge in [0.25, 0.3) is 0 Å². The second-order valence-electron chi connectivity index (χ2n) is 3.13. The second kappa shape index (κ2) is 4.72. The SMILES string of the molecule is CNc1ncc(-c2ccc(OC)c(Cl)c2)s1. The standard InChI is InChI=1S/C11H11ClN2OS/c1-13-11-14-6-10(16-11)7-3-4-9(15-2)8(12)5-7/h3-6H,1-2H3,(H,13,14). The predicted octanol–water partition coefficient (Wildman–Crippen LogP) is 3.51. The zero-order valence-corrected chi connectivity index (χ0v) is 10.5. The molecular formula is C11H11ClN2OS. The molecule has 5 heteroatoms. The maximum atomic E-state index is 6.06. The van der Waals surface area contributed by atoms with E-state index in [1.165, 1.54) is 0 Å². The van der Waals surface area contributed by atoms with Gasteiger partial charge in [0.2, 0.25) is 0 Å². The number of nitrogens with zero attached hydrogens (tertiary/aromatic N) is 1. The summed E-state index contributed by atoms with van der Waals surface area (Å²) in [5.41, 5.74) is 1.05. The van der Waals surface area contributed by atoms with Crippen LogP contribution in [0, 0.1) is 0 Å². The molecule has 0 amide bonds. The first-order valence-corrected chi connectivity index (χ1v) is 5.91. The zero-order chi connectivity index (χ0) is 11.5. The lowest BCUT2D eigenvalue weighted by Gasteiger charge is -2.03. The Labute approximate surface area is 103 Å². The number of hydrogen-bond acceptors (Lipinski definition) is 4. The lowest BCUT2D eigenvalue weighted by atomic mass is 10.2. The second-order valence-corrected chi connectivity index (χ2v) is 4.57. The zero-order valence-electron chi connectivity index (χ0n) is 8.95. The van der Waals surface area contributed by atoms with Gasteiger partial charge in [-0.25, -0.2) is 4.98 Å². The Hall–Kier alpha value is -1.26. The maximum absolute atomic E-state index is 6.06. The summed E-state index contributed by atoms with van der Waals surface area (Å²) in [6, 6.07) is 5.71. The van der Waals surface area contributed by atoms with E-state index in [9.17, 15) is 0 Å². The molecule has 84 valence electrons. The Balaban J connectivity index is 2.37. The maximum Gasteiger partial charge on any atom is 0.182 e. The summed E-state index contributed by atoms with van der Waals surface area (Å²) in [6.07, 6.45) is 1.83. The first-order valence-electron chi connectivity index (χ1n) is 4.72. The molecule has 0 aliphatic carbocycles. The summed E-state index contributed by atoms with van der Waals surface area (Å²) >= 11 is 7.65. The van der Waals surface area contributed by atoms with Gasteiger partial charge in [0, 0.05) is 13.2 Å². The van der Waals surface area contributed by atoms with E-state index in [-0.39, 0.29) is 0 Å². The molecule has 0 radical (unpaired) electrons. The van der Waals surface area contributed by atoms with Crippen LogP contribution in [0.3, 0.4) is 0 Å². The van der Waals surface area contributed by atoms with E-state index in [0.29, 0.717) is 10.8 Å². The largest absolute Gasteiger partial charge is 0.495 e. The number of methoxy groups -OCH3 is 1. The van der Waals surface area contributed by atoms with Crippen molar-refractivity contribution in [1.82, 2.24) is 4.98 Å². The van der Waals surface area contributed by atoms with Crippen LogP contribution in [0.1, 0.15) is 0 Å². The normalized spacial score (nSPS) is 10.2. The summed E-state index contributed by atoms with van der Waals surface area (Å²) in [5.74, 6) is 0.684. The van der Waals surface area contributed by atoms with Crippen molar-refractivity contribution in [3.05, 3.63) is 29.4 Å². The van der Waals surface area contributed by atoms with E-state index >= 15 is 0 Å². The molecule has 16 heavy (non-hydrogen) atoms. The van der Waals surface area contributed by atoms with Gasteiger partial charge < -0.3 is 10.1 Å². The van der Waals surface area contributed by atoms with Gasteiger partial charge in [-0.2, -0.15) is 0 Å². The number of halogens is 1. The van der Waals surface area contributed by atoms with E-state index < -0.39 is 0 Å². The average Bonchev–Trinajstić information content (AvgIpc) is 2.77. The summed E-state index contributed by atoms with van der Waals surface area (Å²) in [5, 5.41) is 4.51. The highest BCUT2D eigenvalue weighted by Gasteiger charge is 2.06. The van der Waals surface area contributed by atoms with Crippen molar-refractivity contribution in [3.63, 3.8) is 0 Å². The van der Waals surface area contributed by atoms with Gasteiger partial charge in [-0.05, 0) is 23.8 Å². The van der Waals surface area contributed by atoms with E-state index in [4.69, 9.17) is 16.3 Å². The van der Waals surface area contributed by atoms with E-state index in [0.717, 1.165) is 15.6 Å². The number of nitrogens with one attached hydrogen (secondary N) is 1. The lowest BCUT2D eigenvalue weighted by Crippen LogP contribution is -1.83. The van der Waals surface area contributed by atoms with Crippen LogP contribution in [0.2, 0.25) is 5.02 Å². The summed E-state index contributed by atoms with van der Waals surface area (Å²) in [6.45, 7) is 0. The minimum Gasteiger partial charge on any atom is -0.495 e. The number of benzene rings is 1. The highest BCUT2D eigenvalue weighted by atomic mass is 35.5. The molecule has 3 nitrogen and oxygen atoms in total. The smallest absolute Gasteiger partial charge is 0.182 e. The third-order valence-electron chi connectivity index (χ3n) is 2.16. The number of rotatable bonds is 3. The molecule has 2 rings (SSSR count). The first-order chi connectivity index (χ1) is 7.74. The molecular weight excluding hydrogens is 244 g/mol. The monoisotopic (exact) mass is 254 g/mol. The third kappa shape index (κ3) is 2.13. The Morgan fingerprint density at radius 3 is 2.81 bits per heavy atom. The van der Waals surface area contributed by atoms with Crippen LogP contribution in [-0.4, -0.2) is 19.1 Å². The van der Waals surface area contributed by atoms with Gasteiger partial charge in [0.1, 0.15) is 5.75 Å². The topological polar surface area (TPSA) is 34.2 Å². The fourth-order valence-electron chi connectivity index (χ4n) is 1.34. The summed E-state index contributed by atoms with van der Waals surface area (Å²) in [7, 11) is 3.45. The number of anilines is 1. The highest BCUT2D eigenvalue weighted by Crippen LogP contribution is 2.33. The van der Waals surface area contributed by atoms with Gasteiger partial charge in [-0.3, -0.25) is 0 Å². The Morgan fingerprint density at radius 2 is 2.25 bits per heavy atom. The van der Waals surface area contributed by atoms with E-state index in [1.807, 2.05) is 31.4 Å². The minimum atomic E-state index is 0.611. The van der Waals surface area contributed by atoms with Crippen LogP contribution < -0.4 is 10.1 Å². The molecule has 1 aromatic carbocycles. The van der Waals surface area contributed by atoms with Gasteiger partial charge in [-0.15, -0.1) is 0 Å². The van der Waals surface area contributed by atoms with Gasteiger partial charge >= 0.3 is 0 Å². The van der Waals surface area contributed by atoms with Crippen LogP contribution in [0.5, 0.6) is 5.75 Å². The Morgan fingerprint density at radius 1 is 1.44 bits per heavy atom. The van der Waals surface area contributed by atoms with Crippen LogP contribution in [0.15, 0.2) is 24.4 Å². The van der Waals surface area contributed by atoms with Crippen molar-refractivity contribution in [1.29, 1.82) is 0 Å². The average molecular weight is 255 g/mol. The fraction of sp³-hybridized carbons (Fsp3) is 0.182. The molecule has 0 bridgehead atoms. The molecule has 0 saturated heterocycles. The quantitative estimate of drug-likeness (QED) is 0.910. The molecule has 0 fully saturated rings. The van der Waals surface area contributed by atoms with E-state index in [1.54, 1.807) is 18.4 Å². The van der Waals surface area contributed by atoms with Gasteiger partial charge in [0.15, 0.2) is 5.13 Å². The van der Waals surface area contributed by atoms with Crippen LogP contribution >= 0.6 is 22.9 Å². The molecule has 0 aliphatic rings. The highest BCUT2D eigenvalue weighted by molar-refractivity contribution is 7.18. The van der Waals surface area contributed by atoms with Crippen molar-refractivity contribution in [3.8, 4) is 16.2 Å². The van der Waals surface area contributed by atoms with Gasteiger partial charge in [0.05, 0.1) is 17.0 Å². The molecule has 0 saturated carbocycles. The van der Waals surface area contributed by atoms with Gasteiger partial charge in [-0.1, -0.05) is 22.9 Å². The van der Waals surface area contributed by atoms with Crippen molar-refractivity contribution in [2.45, 2.75) is 0 Å². The fourth-order valence-corrected chi connectivity index (χ4v) is 2.37. The number of aromatic nitrogens is 1. The van der Waals surface area contributed by atoms with Crippen molar-refractivity contribution < 1.29 is 4.74 Å². The lowest BCUT2D eigenvalue weighted by molar-refractivity contribution is 0.415. The van der Waals surface area contributed by atoms with E-state index in [2.05, 4.69) is 10.3 Å². The molecule has 2 aromatic rings. The molecule has 1 N–H and O–H groups in total. The summed E-state index contributed by atoms with van der Waals surface area (Å²) < 4.78 is 5.11. The van der Waals surface area contributed by atoms with Crippen molar-refractivity contribution in [2.24, 2.45) is 0 Å². The molecule has 0 atom stereocenters. The molecule has 1 aromatic heterocycles. The number of ether oxygens (including phenoxy) is 1. The van der Waals surface area contributed by atoms with Crippen LogP contribution in [-0.2, 0) is 0 Å². The minimum absolute atomic E-state index is 0.611. The summed E-state index contributed by atoms with van der Waals surface area (Å²) in [4.78, 5) is 5.29. The first kappa shape index (κ1) is 11.2. The number of hydrogen-bond donors (Lipinski definition) is 1. The third-order valence-corrected chi connectivity index (χ3v) is 3.52. The molecule has 1 heterocycles. The van der Waals surface area contributed by atoms with Crippen molar-refractivity contribution in [2.75, 3.05) is 19.5 Å². The number of thiazole rings is 1. The predicted molar refractivity (Wildman–Crippen MR) is 68.7 cm³/mol.